The number of amides is 1. The molecule has 0 aromatic heterocycles. The highest BCUT2D eigenvalue weighted by Crippen LogP contribution is 2.18. The summed E-state index contributed by atoms with van der Waals surface area (Å²) in [4.78, 5) is 11.6. The van der Waals surface area contributed by atoms with Gasteiger partial charge in [-0.05, 0) is 44.9 Å². The second kappa shape index (κ2) is 5.85. The molecule has 1 amide bonds. The minimum absolute atomic E-state index is 0.336. The van der Waals surface area contributed by atoms with Gasteiger partial charge >= 0.3 is 6.09 Å². The maximum atomic E-state index is 13.1. The molecule has 0 aliphatic heterocycles. The number of ether oxygens (including phenoxy) is 1. The number of rotatable bonds is 3. The Labute approximate surface area is 107 Å². The van der Waals surface area contributed by atoms with E-state index in [9.17, 15) is 9.18 Å². The maximum absolute atomic E-state index is 13.1. The second-order valence-electron chi connectivity index (χ2n) is 5.04. The monoisotopic (exact) mass is 252 g/mol. The Morgan fingerprint density at radius 3 is 2.67 bits per heavy atom. The molecular formula is C14H19FNO2. The molecule has 1 aromatic rings. The topological polar surface area (TPSA) is 38.3 Å². The fourth-order valence-corrected chi connectivity index (χ4v) is 1.50. The molecule has 0 bridgehead atoms. The van der Waals surface area contributed by atoms with Crippen LogP contribution in [0.1, 0.15) is 38.8 Å². The van der Waals surface area contributed by atoms with E-state index in [-0.39, 0.29) is 11.9 Å². The van der Waals surface area contributed by atoms with Crippen LogP contribution in [-0.2, 0) is 4.74 Å². The summed E-state index contributed by atoms with van der Waals surface area (Å²) in [6, 6.07) is 5.74. The van der Waals surface area contributed by atoms with Gasteiger partial charge in [-0.2, -0.15) is 0 Å². The lowest BCUT2D eigenvalue weighted by Gasteiger charge is -2.23. The number of halogens is 1. The minimum Gasteiger partial charge on any atom is -0.444 e. The Balaban J connectivity index is 2.71. The molecule has 1 radical (unpaired) electrons. The van der Waals surface area contributed by atoms with Crippen LogP contribution in [0.2, 0.25) is 0 Å². The largest absolute Gasteiger partial charge is 0.444 e. The fraction of sp³-hybridized carbons (Fsp3) is 0.429. The standard InChI is InChI=1S/C14H19FNO2/c1-5-12(10-7-6-8-11(15)9-10)16-13(17)18-14(2,3)4/h6-9,12H,1,5H2,2-4H3,(H,16,17). The third-order valence-electron chi connectivity index (χ3n) is 2.23. The molecule has 1 N–H and O–H groups in total. The van der Waals surface area contributed by atoms with Crippen LogP contribution in [0.15, 0.2) is 24.3 Å². The molecule has 3 nitrogen and oxygen atoms in total. The van der Waals surface area contributed by atoms with Crippen molar-refractivity contribution in [1.29, 1.82) is 0 Å². The Bertz CT molecular complexity index is 413. The third-order valence-corrected chi connectivity index (χ3v) is 2.23. The van der Waals surface area contributed by atoms with Gasteiger partial charge in [0.15, 0.2) is 0 Å². The van der Waals surface area contributed by atoms with Crippen molar-refractivity contribution in [3.8, 4) is 0 Å². The molecule has 0 fully saturated rings. The lowest BCUT2D eigenvalue weighted by atomic mass is 10.0. The van der Waals surface area contributed by atoms with Crippen molar-refractivity contribution in [3.05, 3.63) is 42.6 Å². The van der Waals surface area contributed by atoms with E-state index in [0.29, 0.717) is 12.0 Å². The first kappa shape index (κ1) is 14.5. The summed E-state index contributed by atoms with van der Waals surface area (Å²) in [5, 5.41) is 2.68. The fourth-order valence-electron chi connectivity index (χ4n) is 1.50. The van der Waals surface area contributed by atoms with Gasteiger partial charge < -0.3 is 10.1 Å². The van der Waals surface area contributed by atoms with Crippen molar-refractivity contribution in [2.45, 2.75) is 38.8 Å². The SMILES string of the molecule is [CH2]CC(NC(=O)OC(C)(C)C)c1cccc(F)c1. The van der Waals surface area contributed by atoms with Crippen molar-refractivity contribution in [2.75, 3.05) is 0 Å². The van der Waals surface area contributed by atoms with E-state index in [1.807, 2.05) is 0 Å². The van der Waals surface area contributed by atoms with Crippen LogP contribution < -0.4 is 5.32 Å². The number of benzene rings is 1. The summed E-state index contributed by atoms with van der Waals surface area (Å²) in [7, 11) is 0. The molecule has 0 aliphatic rings. The zero-order valence-electron chi connectivity index (χ0n) is 11.0. The number of carbonyl (C=O) groups excluding carboxylic acids is 1. The lowest BCUT2D eigenvalue weighted by molar-refractivity contribution is 0.0503. The smallest absolute Gasteiger partial charge is 0.408 e. The molecule has 99 valence electrons. The van der Waals surface area contributed by atoms with Gasteiger partial charge in [-0.15, -0.1) is 0 Å². The summed E-state index contributed by atoms with van der Waals surface area (Å²) in [5.41, 5.74) is 0.119. The van der Waals surface area contributed by atoms with E-state index in [2.05, 4.69) is 12.2 Å². The third kappa shape index (κ3) is 4.73. The second-order valence-corrected chi connectivity index (χ2v) is 5.04. The van der Waals surface area contributed by atoms with Gasteiger partial charge in [0, 0.05) is 0 Å². The predicted molar refractivity (Wildman–Crippen MR) is 68.5 cm³/mol. The van der Waals surface area contributed by atoms with E-state index in [4.69, 9.17) is 4.74 Å². The highest BCUT2D eigenvalue weighted by molar-refractivity contribution is 5.68. The molecule has 1 atom stereocenters. The van der Waals surface area contributed by atoms with Crippen LogP contribution >= 0.6 is 0 Å². The highest BCUT2D eigenvalue weighted by Gasteiger charge is 2.19. The first-order valence-electron chi connectivity index (χ1n) is 5.86. The summed E-state index contributed by atoms with van der Waals surface area (Å²) in [5.74, 6) is -0.336. The normalized spacial score (nSPS) is 12.9. The first-order chi connectivity index (χ1) is 8.31. The van der Waals surface area contributed by atoms with Crippen LogP contribution in [-0.4, -0.2) is 11.7 Å². The summed E-state index contributed by atoms with van der Waals surface area (Å²) >= 11 is 0. The molecule has 1 unspecified atom stereocenters. The van der Waals surface area contributed by atoms with Crippen molar-refractivity contribution in [1.82, 2.24) is 5.32 Å². The van der Waals surface area contributed by atoms with Crippen molar-refractivity contribution in [3.63, 3.8) is 0 Å². The van der Waals surface area contributed by atoms with Gasteiger partial charge in [0.25, 0.3) is 0 Å². The summed E-state index contributed by atoms with van der Waals surface area (Å²) in [6.07, 6.45) is -0.108. The van der Waals surface area contributed by atoms with Crippen molar-refractivity contribution in [2.24, 2.45) is 0 Å². The van der Waals surface area contributed by atoms with E-state index >= 15 is 0 Å². The van der Waals surface area contributed by atoms with Crippen molar-refractivity contribution >= 4 is 6.09 Å². The Morgan fingerprint density at radius 1 is 1.50 bits per heavy atom. The zero-order valence-corrected chi connectivity index (χ0v) is 11.0. The van der Waals surface area contributed by atoms with Crippen LogP contribution in [0.5, 0.6) is 0 Å². The minimum atomic E-state index is -0.558. The van der Waals surface area contributed by atoms with Crippen LogP contribution in [0.3, 0.4) is 0 Å². The molecule has 0 saturated heterocycles. The lowest BCUT2D eigenvalue weighted by Crippen LogP contribution is -2.34. The zero-order chi connectivity index (χ0) is 13.8. The van der Waals surface area contributed by atoms with Gasteiger partial charge in [0.1, 0.15) is 11.4 Å². The van der Waals surface area contributed by atoms with Crippen LogP contribution in [0.4, 0.5) is 9.18 Å². The van der Waals surface area contributed by atoms with Crippen LogP contribution in [0, 0.1) is 12.7 Å². The van der Waals surface area contributed by atoms with Gasteiger partial charge in [0.05, 0.1) is 6.04 Å². The quantitative estimate of drug-likeness (QED) is 0.892. The maximum Gasteiger partial charge on any atom is 0.408 e. The van der Waals surface area contributed by atoms with Crippen LogP contribution in [0.25, 0.3) is 0 Å². The molecule has 0 spiro atoms. The number of alkyl carbamates (subject to hydrolysis) is 1. The average molecular weight is 252 g/mol. The first-order valence-corrected chi connectivity index (χ1v) is 5.86. The molecule has 1 rings (SSSR count). The number of carbonyl (C=O) groups is 1. The van der Waals surface area contributed by atoms with Crippen molar-refractivity contribution < 1.29 is 13.9 Å². The Morgan fingerprint density at radius 2 is 2.17 bits per heavy atom. The van der Waals surface area contributed by atoms with Gasteiger partial charge in [-0.1, -0.05) is 19.1 Å². The van der Waals surface area contributed by atoms with Gasteiger partial charge in [-0.3, -0.25) is 0 Å². The number of hydrogen-bond acceptors (Lipinski definition) is 2. The molecule has 4 heteroatoms. The molecule has 0 aliphatic carbocycles. The van der Waals surface area contributed by atoms with Gasteiger partial charge in [-0.25, -0.2) is 9.18 Å². The number of nitrogens with one attached hydrogen (secondary N) is 1. The molecule has 0 saturated carbocycles. The molecule has 0 heterocycles. The number of hydrogen-bond donors (Lipinski definition) is 1. The van der Waals surface area contributed by atoms with E-state index in [1.165, 1.54) is 12.1 Å². The average Bonchev–Trinajstić information content (AvgIpc) is 2.23. The molecule has 18 heavy (non-hydrogen) atoms. The van der Waals surface area contributed by atoms with E-state index in [0.717, 1.165) is 0 Å². The Hall–Kier alpha value is -1.58. The highest BCUT2D eigenvalue weighted by atomic mass is 19.1. The molecular weight excluding hydrogens is 233 g/mol. The summed E-state index contributed by atoms with van der Waals surface area (Å²) in [6.45, 7) is 9.11. The summed E-state index contributed by atoms with van der Waals surface area (Å²) < 4.78 is 18.3. The van der Waals surface area contributed by atoms with E-state index < -0.39 is 11.7 Å². The van der Waals surface area contributed by atoms with E-state index in [1.54, 1.807) is 32.9 Å². The molecule has 1 aromatic carbocycles. The Kier molecular flexibility index (Phi) is 4.70. The van der Waals surface area contributed by atoms with Gasteiger partial charge in [0.2, 0.25) is 0 Å². The predicted octanol–water partition coefficient (Wildman–Crippen LogP) is 3.62.